The van der Waals surface area contributed by atoms with Crippen molar-refractivity contribution in [2.45, 2.75) is 141 Å². The van der Waals surface area contributed by atoms with E-state index in [0.29, 0.717) is 12.4 Å². The number of rotatable bonds is 30. The molecule has 0 aliphatic heterocycles. The van der Waals surface area contributed by atoms with Crippen molar-refractivity contribution >= 4 is 71.7 Å². The van der Waals surface area contributed by atoms with Crippen molar-refractivity contribution in [2.24, 2.45) is 11.7 Å². The Morgan fingerprint density at radius 3 is 1.52 bits per heavy atom. The summed E-state index contributed by atoms with van der Waals surface area (Å²) in [6, 6.07) is 7.55. The van der Waals surface area contributed by atoms with Crippen LogP contribution in [0, 0.1) is 5.92 Å². The lowest BCUT2D eigenvalue weighted by Crippen LogP contribution is -2.57. The first kappa shape index (κ1) is 59.2. The van der Waals surface area contributed by atoms with Crippen LogP contribution in [0.15, 0.2) is 48.5 Å². The number of urea groups is 1. The van der Waals surface area contributed by atoms with Crippen molar-refractivity contribution < 1.29 is 71.7 Å². The maximum absolute atomic E-state index is 14.1. The van der Waals surface area contributed by atoms with Crippen LogP contribution in [0.2, 0.25) is 0 Å². The van der Waals surface area contributed by atoms with Gasteiger partial charge in [-0.1, -0.05) is 62.4 Å². The molecule has 0 aromatic heterocycles. The minimum absolute atomic E-state index is 0.0109. The van der Waals surface area contributed by atoms with Gasteiger partial charge in [0.1, 0.15) is 36.8 Å². The molecule has 0 radical (unpaired) electrons. The second-order valence-corrected chi connectivity index (χ2v) is 17.9. The number of nitrogens with two attached hydrogens (primary N) is 1. The first-order chi connectivity index (χ1) is 34.6. The van der Waals surface area contributed by atoms with Gasteiger partial charge in [0.25, 0.3) is 0 Å². The van der Waals surface area contributed by atoms with Crippen LogP contribution in [-0.4, -0.2) is 137 Å². The summed E-state index contributed by atoms with van der Waals surface area (Å²) in [5.41, 5.74) is 26.8. The predicted molar refractivity (Wildman–Crippen MR) is 261 cm³/mol. The number of ketones is 2. The van der Waals surface area contributed by atoms with E-state index in [9.17, 15) is 47.9 Å². The summed E-state index contributed by atoms with van der Waals surface area (Å²) in [6.07, 6.45) is -3.55. The normalized spacial score (nSPS) is 13.4. The molecular weight excluding hydrogens is 951 g/mol. The smallest absolute Gasteiger partial charge is 0.407 e. The van der Waals surface area contributed by atoms with E-state index >= 15 is 0 Å². The third-order valence-electron chi connectivity index (χ3n) is 11.1. The summed E-state index contributed by atoms with van der Waals surface area (Å²) >= 11 is 0. The second kappa shape index (κ2) is 29.9. The van der Waals surface area contributed by atoms with E-state index in [4.69, 9.17) is 31.0 Å². The Bertz CT molecular complexity index is 2390. The molecular formula is C49H65N11O13. The standard InChI is InChI=1S/C49H65N11O13/c1-27(2)42(60-49(70)71-26-36-34-14-9-7-12-32(34)33-13-8-10-15-35(33)36)45(66)57-37(16-11-23-53-48(50)69)43(64)59-40(47(68)73-29(5)6)21-22-41(63)56-38(19-17-30(61)24-54-51)44(65)58-39(46(67)72-28(3)4)20-18-31(62)25-55-52/h7-10,12-15,24-25,27-29,36-40,42H,11,16-23,26H2,1-6H3,(H,56,63)(H,57,66)(H,58,65)(H,59,64)(H,60,70)(H3,50,53,69)/t37-,38-,39-,40-,42-/m0/s1. The fraction of sp³-hybridized carbons (Fsp3) is 0.510. The number of amides is 7. The fourth-order valence-electron chi connectivity index (χ4n) is 7.66. The number of ether oxygens (including phenoxy) is 3. The van der Waals surface area contributed by atoms with E-state index in [1.165, 1.54) is 0 Å². The number of nitrogens with zero attached hydrogens (tertiary/aromatic N) is 4. The monoisotopic (exact) mass is 1020 g/mol. The van der Waals surface area contributed by atoms with Gasteiger partial charge >= 0.3 is 36.5 Å². The van der Waals surface area contributed by atoms with E-state index in [1.807, 2.05) is 48.5 Å². The second-order valence-electron chi connectivity index (χ2n) is 17.9. The quantitative estimate of drug-likeness (QED) is 0.0147. The molecule has 0 fully saturated rings. The molecule has 2 aromatic carbocycles. The molecule has 8 N–H and O–H groups in total. The number of alkyl carbamates (subject to hydrolysis) is 1. The number of benzene rings is 2. The number of esters is 2. The summed E-state index contributed by atoms with van der Waals surface area (Å²) in [5, 5.41) is 15.0. The number of hydrogen-bond donors (Lipinski definition) is 7. The van der Waals surface area contributed by atoms with Crippen molar-refractivity contribution in [2.75, 3.05) is 13.2 Å². The summed E-state index contributed by atoms with van der Waals surface area (Å²) in [7, 11) is 0. The molecule has 2 aromatic rings. The average molecular weight is 1020 g/mol. The SMILES string of the molecule is CC(C)OC(=O)[C@H](CCC(=O)C=[N+]=[N-])NC(=O)[C@H](CCC(=O)C=[N+]=[N-])NC(=O)CC[C@H](NC(=O)[C@H](CCCNC(N)=O)NC(=O)[C@@H](NC(=O)OCC1c2ccccc2-c2ccccc21)C(C)C)C(=O)OC(C)C. The number of Topliss-reactive ketones (excluding diaryl/α,β-unsaturated/α-hetero) is 2. The molecule has 0 spiro atoms. The Labute approximate surface area is 422 Å². The van der Waals surface area contributed by atoms with Gasteiger partial charge in [-0.05, 0) is 88.0 Å². The summed E-state index contributed by atoms with van der Waals surface area (Å²) < 4.78 is 16.3. The van der Waals surface area contributed by atoms with Gasteiger partial charge in [0.15, 0.2) is 0 Å². The average Bonchev–Trinajstić information content (AvgIpc) is 3.64. The number of primary amides is 1. The number of hydrogen-bond acceptors (Lipinski definition) is 13. The third kappa shape index (κ3) is 19.9. The first-order valence-corrected chi connectivity index (χ1v) is 23.8. The molecule has 1 aliphatic rings. The number of fused-ring (bicyclic) bond motifs is 3. The minimum atomic E-state index is -1.53. The van der Waals surface area contributed by atoms with Gasteiger partial charge in [-0.2, -0.15) is 9.58 Å². The maximum atomic E-state index is 14.1. The largest absolute Gasteiger partial charge is 0.461 e. The van der Waals surface area contributed by atoms with Crippen LogP contribution in [0.5, 0.6) is 0 Å². The van der Waals surface area contributed by atoms with Crippen molar-refractivity contribution in [3.05, 3.63) is 70.7 Å². The highest BCUT2D eigenvalue weighted by Crippen LogP contribution is 2.44. The minimum Gasteiger partial charge on any atom is -0.461 e. The zero-order valence-corrected chi connectivity index (χ0v) is 41.7. The summed E-state index contributed by atoms with van der Waals surface area (Å²) in [5.74, 6) is -7.68. The zero-order valence-electron chi connectivity index (χ0n) is 41.7. The van der Waals surface area contributed by atoms with Crippen LogP contribution in [0.4, 0.5) is 9.59 Å². The van der Waals surface area contributed by atoms with E-state index in [1.54, 1.807) is 41.5 Å². The van der Waals surface area contributed by atoms with Gasteiger partial charge in [0.2, 0.25) is 35.2 Å². The zero-order chi connectivity index (χ0) is 54.2. The Morgan fingerprint density at radius 1 is 0.603 bits per heavy atom. The third-order valence-corrected chi connectivity index (χ3v) is 11.1. The van der Waals surface area contributed by atoms with Crippen LogP contribution >= 0.6 is 0 Å². The van der Waals surface area contributed by atoms with Crippen molar-refractivity contribution in [3.8, 4) is 11.1 Å². The Morgan fingerprint density at radius 2 is 1.05 bits per heavy atom. The lowest BCUT2D eigenvalue weighted by Gasteiger charge is -2.27. The number of carbonyl (C=O) groups is 10. The van der Waals surface area contributed by atoms with Gasteiger partial charge in [-0.15, -0.1) is 0 Å². The summed E-state index contributed by atoms with van der Waals surface area (Å²) in [4.78, 5) is 136. The first-order valence-electron chi connectivity index (χ1n) is 23.8. The number of nitrogens with one attached hydrogen (secondary N) is 6. The van der Waals surface area contributed by atoms with Gasteiger partial charge in [0.05, 0.1) is 12.2 Å². The van der Waals surface area contributed by atoms with Crippen molar-refractivity contribution in [1.29, 1.82) is 0 Å². The van der Waals surface area contributed by atoms with Crippen LogP contribution in [0.1, 0.15) is 110 Å². The molecule has 394 valence electrons. The molecule has 7 amide bonds. The van der Waals surface area contributed by atoms with Gasteiger partial charge < -0.3 is 62.9 Å². The van der Waals surface area contributed by atoms with E-state index in [0.717, 1.165) is 22.3 Å². The highest BCUT2D eigenvalue weighted by molar-refractivity contribution is 6.25. The molecule has 3 rings (SSSR count). The fourth-order valence-corrected chi connectivity index (χ4v) is 7.66. The van der Waals surface area contributed by atoms with Crippen LogP contribution in [0.3, 0.4) is 0 Å². The molecule has 24 heteroatoms. The number of carbonyl (C=O) groups excluding carboxylic acids is 10. The van der Waals surface area contributed by atoms with Crippen molar-refractivity contribution in [1.82, 2.24) is 31.9 Å². The van der Waals surface area contributed by atoms with Gasteiger partial charge in [0, 0.05) is 31.7 Å². The molecule has 0 saturated heterocycles. The molecule has 0 saturated carbocycles. The van der Waals surface area contributed by atoms with Crippen LogP contribution < -0.4 is 37.6 Å². The molecule has 5 atom stereocenters. The lowest BCUT2D eigenvalue weighted by atomic mass is 9.98. The predicted octanol–water partition coefficient (Wildman–Crippen LogP) is 1.92. The maximum Gasteiger partial charge on any atom is 0.407 e. The highest BCUT2D eigenvalue weighted by Gasteiger charge is 2.35. The molecule has 1 aliphatic carbocycles. The summed E-state index contributed by atoms with van der Waals surface area (Å²) in [6.45, 7) is 9.45. The van der Waals surface area contributed by atoms with E-state index < -0.39 is 127 Å². The molecule has 24 nitrogen and oxygen atoms in total. The van der Waals surface area contributed by atoms with E-state index in [2.05, 4.69) is 41.5 Å². The highest BCUT2D eigenvalue weighted by atomic mass is 16.6. The molecule has 0 bridgehead atoms. The van der Waals surface area contributed by atoms with Crippen molar-refractivity contribution in [3.63, 3.8) is 0 Å². The van der Waals surface area contributed by atoms with Gasteiger partial charge in [-0.25, -0.2) is 19.2 Å². The van der Waals surface area contributed by atoms with Gasteiger partial charge in [-0.3, -0.25) is 28.8 Å². The Balaban J connectivity index is 1.80. The Hall–Kier alpha value is -8.10. The molecule has 73 heavy (non-hydrogen) atoms. The topological polar surface area (TPSA) is 369 Å². The Kier molecular flexibility index (Phi) is 24.3. The van der Waals surface area contributed by atoms with Crippen LogP contribution in [-0.2, 0) is 52.6 Å². The van der Waals surface area contributed by atoms with E-state index in [-0.39, 0.29) is 51.2 Å². The van der Waals surface area contributed by atoms with Crippen LogP contribution in [0.25, 0.3) is 22.2 Å². The molecule has 0 unspecified atom stereocenters. The lowest BCUT2D eigenvalue weighted by molar-refractivity contribution is -0.152. The molecule has 0 heterocycles.